The number of nitrogens with two attached hydrogens (primary N) is 1. The van der Waals surface area contributed by atoms with Crippen molar-refractivity contribution in [1.82, 2.24) is 10.3 Å². The predicted octanol–water partition coefficient (Wildman–Crippen LogP) is 0.592. The van der Waals surface area contributed by atoms with Crippen molar-refractivity contribution in [2.24, 2.45) is 5.73 Å². The normalized spacial score (nSPS) is 9.88. The Balaban J connectivity index is 2.60. The average molecular weight is 222 g/mol. The Bertz CT molecular complexity index is 341. The van der Waals surface area contributed by atoms with Gasteiger partial charge in [0.05, 0.1) is 0 Å². The number of pyridine rings is 1. The lowest BCUT2D eigenvalue weighted by atomic mass is 10.3. The van der Waals surface area contributed by atoms with Crippen LogP contribution >= 0.6 is 0 Å². The third-order valence-electron chi connectivity index (χ3n) is 2.04. The second-order valence-electron chi connectivity index (χ2n) is 3.36. The van der Waals surface area contributed by atoms with Crippen molar-refractivity contribution in [3.8, 4) is 0 Å². The third kappa shape index (κ3) is 3.86. The molecule has 88 valence electrons. The molecule has 0 saturated carbocycles. The molecule has 0 bridgehead atoms. The van der Waals surface area contributed by atoms with E-state index in [0.29, 0.717) is 18.8 Å². The first-order valence-electron chi connectivity index (χ1n) is 5.46. The van der Waals surface area contributed by atoms with Gasteiger partial charge in [0.15, 0.2) is 0 Å². The van der Waals surface area contributed by atoms with Gasteiger partial charge in [-0.25, -0.2) is 0 Å². The fraction of sp³-hybridized carbons (Fsp3) is 0.455. The summed E-state index contributed by atoms with van der Waals surface area (Å²) in [6.45, 7) is 3.93. The van der Waals surface area contributed by atoms with E-state index in [2.05, 4.69) is 15.6 Å². The SMILES string of the molecule is CCNC(=O)c1cc(NCCCN)ccn1. The van der Waals surface area contributed by atoms with Crippen LogP contribution in [0, 0.1) is 0 Å². The van der Waals surface area contributed by atoms with Crippen LogP contribution in [0.2, 0.25) is 0 Å². The number of hydrogen-bond acceptors (Lipinski definition) is 4. The van der Waals surface area contributed by atoms with E-state index < -0.39 is 0 Å². The fourth-order valence-corrected chi connectivity index (χ4v) is 1.25. The van der Waals surface area contributed by atoms with E-state index in [9.17, 15) is 4.79 Å². The minimum Gasteiger partial charge on any atom is -0.385 e. The Labute approximate surface area is 95.4 Å². The van der Waals surface area contributed by atoms with E-state index in [4.69, 9.17) is 5.73 Å². The summed E-state index contributed by atoms with van der Waals surface area (Å²) in [4.78, 5) is 15.5. The molecule has 0 aliphatic heterocycles. The Kier molecular flexibility index (Phi) is 5.28. The molecule has 0 spiro atoms. The molecule has 1 aromatic heterocycles. The fourth-order valence-electron chi connectivity index (χ4n) is 1.25. The van der Waals surface area contributed by atoms with Crippen molar-refractivity contribution in [2.75, 3.05) is 25.0 Å². The van der Waals surface area contributed by atoms with Gasteiger partial charge in [-0.05, 0) is 32.0 Å². The molecule has 0 aromatic carbocycles. The molecule has 4 N–H and O–H groups in total. The van der Waals surface area contributed by atoms with Gasteiger partial charge in [-0.15, -0.1) is 0 Å². The quantitative estimate of drug-likeness (QED) is 0.615. The number of rotatable bonds is 6. The van der Waals surface area contributed by atoms with Crippen LogP contribution < -0.4 is 16.4 Å². The third-order valence-corrected chi connectivity index (χ3v) is 2.04. The Morgan fingerprint density at radius 2 is 2.38 bits per heavy atom. The first kappa shape index (κ1) is 12.4. The highest BCUT2D eigenvalue weighted by Gasteiger charge is 2.05. The second kappa shape index (κ2) is 6.79. The number of aromatic nitrogens is 1. The van der Waals surface area contributed by atoms with E-state index in [1.165, 1.54) is 0 Å². The summed E-state index contributed by atoms with van der Waals surface area (Å²) in [6, 6.07) is 3.57. The van der Waals surface area contributed by atoms with Gasteiger partial charge in [-0.3, -0.25) is 9.78 Å². The summed E-state index contributed by atoms with van der Waals surface area (Å²) in [6.07, 6.45) is 2.52. The highest BCUT2D eigenvalue weighted by atomic mass is 16.1. The molecule has 16 heavy (non-hydrogen) atoms. The first-order chi connectivity index (χ1) is 7.77. The van der Waals surface area contributed by atoms with Crippen LogP contribution in [0.1, 0.15) is 23.8 Å². The summed E-state index contributed by atoms with van der Waals surface area (Å²) < 4.78 is 0. The number of amides is 1. The molecule has 0 radical (unpaired) electrons. The molecule has 0 saturated heterocycles. The van der Waals surface area contributed by atoms with Crippen molar-refractivity contribution in [3.05, 3.63) is 24.0 Å². The Morgan fingerprint density at radius 3 is 3.06 bits per heavy atom. The molecular formula is C11H18N4O. The maximum absolute atomic E-state index is 11.5. The lowest BCUT2D eigenvalue weighted by molar-refractivity contribution is 0.0951. The van der Waals surface area contributed by atoms with Gasteiger partial charge in [-0.1, -0.05) is 0 Å². The highest BCUT2D eigenvalue weighted by molar-refractivity contribution is 5.93. The topological polar surface area (TPSA) is 80.0 Å². The van der Waals surface area contributed by atoms with Crippen LogP contribution in [-0.2, 0) is 0 Å². The zero-order valence-electron chi connectivity index (χ0n) is 9.49. The minimum atomic E-state index is -0.148. The van der Waals surface area contributed by atoms with Crippen LogP contribution in [-0.4, -0.2) is 30.5 Å². The summed E-state index contributed by atoms with van der Waals surface area (Å²) in [5.41, 5.74) is 6.72. The number of carbonyl (C=O) groups excluding carboxylic acids is 1. The van der Waals surface area contributed by atoms with Gasteiger partial charge in [0, 0.05) is 25.0 Å². The molecule has 0 atom stereocenters. The second-order valence-corrected chi connectivity index (χ2v) is 3.36. The monoisotopic (exact) mass is 222 g/mol. The summed E-state index contributed by atoms with van der Waals surface area (Å²) >= 11 is 0. The molecule has 5 heteroatoms. The van der Waals surface area contributed by atoms with Crippen molar-refractivity contribution < 1.29 is 4.79 Å². The van der Waals surface area contributed by atoms with Crippen molar-refractivity contribution in [2.45, 2.75) is 13.3 Å². The number of carbonyl (C=O) groups is 1. The van der Waals surface area contributed by atoms with Crippen LogP contribution in [0.3, 0.4) is 0 Å². The summed E-state index contributed by atoms with van der Waals surface area (Å²) in [5.74, 6) is -0.148. The minimum absolute atomic E-state index is 0.148. The average Bonchev–Trinajstić information content (AvgIpc) is 2.30. The number of hydrogen-bond donors (Lipinski definition) is 3. The molecule has 0 aliphatic carbocycles. The number of nitrogens with one attached hydrogen (secondary N) is 2. The van der Waals surface area contributed by atoms with E-state index in [1.807, 2.05) is 13.0 Å². The van der Waals surface area contributed by atoms with Gasteiger partial charge >= 0.3 is 0 Å². The largest absolute Gasteiger partial charge is 0.385 e. The zero-order valence-corrected chi connectivity index (χ0v) is 9.49. The summed E-state index contributed by atoms with van der Waals surface area (Å²) in [7, 11) is 0. The van der Waals surface area contributed by atoms with Gasteiger partial charge in [0.1, 0.15) is 5.69 Å². The molecule has 0 aliphatic rings. The standard InChI is InChI=1S/C11H18N4O/c1-2-13-11(16)10-8-9(4-7-15-10)14-6-3-5-12/h4,7-8H,2-3,5-6,12H2,1H3,(H,13,16)(H,14,15). The van der Waals surface area contributed by atoms with E-state index >= 15 is 0 Å². The van der Waals surface area contributed by atoms with Crippen LogP contribution in [0.4, 0.5) is 5.69 Å². The van der Waals surface area contributed by atoms with E-state index in [1.54, 1.807) is 12.3 Å². The maximum Gasteiger partial charge on any atom is 0.269 e. The van der Waals surface area contributed by atoms with Gasteiger partial charge in [-0.2, -0.15) is 0 Å². The lowest BCUT2D eigenvalue weighted by Crippen LogP contribution is -2.23. The van der Waals surface area contributed by atoms with Crippen LogP contribution in [0.25, 0.3) is 0 Å². The number of anilines is 1. The van der Waals surface area contributed by atoms with Crippen LogP contribution in [0.15, 0.2) is 18.3 Å². The number of nitrogens with zero attached hydrogens (tertiary/aromatic N) is 1. The molecule has 1 rings (SSSR count). The van der Waals surface area contributed by atoms with Crippen molar-refractivity contribution >= 4 is 11.6 Å². The molecular weight excluding hydrogens is 204 g/mol. The van der Waals surface area contributed by atoms with E-state index in [0.717, 1.165) is 18.7 Å². The van der Waals surface area contributed by atoms with Gasteiger partial charge in [0.2, 0.25) is 0 Å². The lowest BCUT2D eigenvalue weighted by Gasteiger charge is -2.07. The summed E-state index contributed by atoms with van der Waals surface area (Å²) in [5, 5.41) is 5.89. The van der Waals surface area contributed by atoms with E-state index in [-0.39, 0.29) is 5.91 Å². The predicted molar refractivity (Wildman–Crippen MR) is 64.4 cm³/mol. The maximum atomic E-state index is 11.5. The zero-order chi connectivity index (χ0) is 11.8. The molecule has 1 amide bonds. The van der Waals surface area contributed by atoms with Gasteiger partial charge < -0.3 is 16.4 Å². The van der Waals surface area contributed by atoms with Crippen molar-refractivity contribution in [1.29, 1.82) is 0 Å². The van der Waals surface area contributed by atoms with Gasteiger partial charge in [0.25, 0.3) is 5.91 Å². The highest BCUT2D eigenvalue weighted by Crippen LogP contribution is 2.07. The van der Waals surface area contributed by atoms with Crippen LogP contribution in [0.5, 0.6) is 0 Å². The Morgan fingerprint density at radius 1 is 1.56 bits per heavy atom. The first-order valence-corrected chi connectivity index (χ1v) is 5.46. The molecule has 5 nitrogen and oxygen atoms in total. The van der Waals surface area contributed by atoms with Crippen molar-refractivity contribution in [3.63, 3.8) is 0 Å². The Hall–Kier alpha value is -1.62. The molecule has 0 fully saturated rings. The molecule has 1 aromatic rings. The molecule has 0 unspecified atom stereocenters. The smallest absolute Gasteiger partial charge is 0.269 e. The molecule has 1 heterocycles.